The summed E-state index contributed by atoms with van der Waals surface area (Å²) in [6.07, 6.45) is 9.60. The van der Waals surface area contributed by atoms with Crippen LogP contribution in [0.2, 0.25) is 0 Å². The Hall–Kier alpha value is -0.0400. The largest absolute Gasteiger partial charge is 0.312 e. The van der Waals surface area contributed by atoms with Gasteiger partial charge in [-0.1, -0.05) is 59.8 Å². The summed E-state index contributed by atoms with van der Waals surface area (Å²) in [5, 5.41) is 3.68. The molecule has 0 aliphatic carbocycles. The van der Waals surface area contributed by atoms with Crippen molar-refractivity contribution in [2.24, 2.45) is 5.92 Å². The van der Waals surface area contributed by atoms with Crippen molar-refractivity contribution < 1.29 is 0 Å². The second-order valence-electron chi connectivity index (χ2n) is 5.85. The van der Waals surface area contributed by atoms with Crippen LogP contribution in [0.5, 0.6) is 0 Å². The standard InChI is InChI=1S/C15H33N/c1-6-8-9-10-11-12-15(5,16-7-2)13-14(3)4/h14,16H,6-13H2,1-5H3. The van der Waals surface area contributed by atoms with E-state index < -0.39 is 0 Å². The topological polar surface area (TPSA) is 12.0 Å². The Balaban J connectivity index is 3.83. The van der Waals surface area contributed by atoms with Gasteiger partial charge in [-0.15, -0.1) is 0 Å². The fourth-order valence-electron chi connectivity index (χ4n) is 2.71. The molecular formula is C15H33N. The molecule has 0 bridgehead atoms. The second kappa shape index (κ2) is 9.04. The van der Waals surface area contributed by atoms with Gasteiger partial charge in [0, 0.05) is 5.54 Å². The molecule has 1 N–H and O–H groups in total. The predicted molar refractivity (Wildman–Crippen MR) is 74.9 cm³/mol. The molecular weight excluding hydrogens is 194 g/mol. The van der Waals surface area contributed by atoms with Crippen LogP contribution in [0.15, 0.2) is 0 Å². The zero-order valence-corrected chi connectivity index (χ0v) is 12.2. The molecule has 0 heterocycles. The third-order valence-electron chi connectivity index (χ3n) is 3.29. The molecule has 0 aromatic rings. The quantitative estimate of drug-likeness (QED) is 0.531. The highest BCUT2D eigenvalue weighted by molar-refractivity contribution is 4.83. The smallest absolute Gasteiger partial charge is 0.0155 e. The zero-order chi connectivity index (χ0) is 12.4. The van der Waals surface area contributed by atoms with Gasteiger partial charge in [0.25, 0.3) is 0 Å². The van der Waals surface area contributed by atoms with Crippen molar-refractivity contribution in [2.75, 3.05) is 6.54 Å². The summed E-state index contributed by atoms with van der Waals surface area (Å²) in [4.78, 5) is 0. The highest BCUT2D eigenvalue weighted by Gasteiger charge is 2.23. The third kappa shape index (κ3) is 8.15. The van der Waals surface area contributed by atoms with Gasteiger partial charge >= 0.3 is 0 Å². The van der Waals surface area contributed by atoms with Gasteiger partial charge in [-0.05, 0) is 32.2 Å². The van der Waals surface area contributed by atoms with Gasteiger partial charge < -0.3 is 5.32 Å². The van der Waals surface area contributed by atoms with Gasteiger partial charge in [0.1, 0.15) is 0 Å². The van der Waals surface area contributed by atoms with Crippen LogP contribution in [0.25, 0.3) is 0 Å². The molecule has 0 aromatic carbocycles. The van der Waals surface area contributed by atoms with E-state index in [0.717, 1.165) is 12.5 Å². The summed E-state index contributed by atoms with van der Waals surface area (Å²) in [5.74, 6) is 0.791. The van der Waals surface area contributed by atoms with Gasteiger partial charge in [-0.25, -0.2) is 0 Å². The molecule has 0 aromatic heterocycles. The van der Waals surface area contributed by atoms with Crippen LogP contribution >= 0.6 is 0 Å². The Morgan fingerprint density at radius 2 is 1.62 bits per heavy atom. The molecule has 0 amide bonds. The number of unbranched alkanes of at least 4 members (excludes halogenated alkanes) is 4. The average Bonchev–Trinajstić information content (AvgIpc) is 2.16. The lowest BCUT2D eigenvalue weighted by Crippen LogP contribution is -2.43. The first-order chi connectivity index (χ1) is 7.54. The van der Waals surface area contributed by atoms with E-state index in [4.69, 9.17) is 0 Å². The zero-order valence-electron chi connectivity index (χ0n) is 12.2. The van der Waals surface area contributed by atoms with Crippen molar-refractivity contribution in [3.8, 4) is 0 Å². The van der Waals surface area contributed by atoms with Crippen molar-refractivity contribution in [1.29, 1.82) is 0 Å². The normalized spacial score (nSPS) is 15.4. The van der Waals surface area contributed by atoms with Crippen LogP contribution in [0, 0.1) is 5.92 Å². The maximum absolute atomic E-state index is 3.68. The Morgan fingerprint density at radius 3 is 2.12 bits per heavy atom. The summed E-state index contributed by atoms with van der Waals surface area (Å²) >= 11 is 0. The van der Waals surface area contributed by atoms with Crippen molar-refractivity contribution in [3.05, 3.63) is 0 Å². The van der Waals surface area contributed by atoms with Crippen molar-refractivity contribution in [1.82, 2.24) is 5.32 Å². The lowest BCUT2D eigenvalue weighted by atomic mass is 9.85. The van der Waals surface area contributed by atoms with Gasteiger partial charge in [-0.3, -0.25) is 0 Å². The van der Waals surface area contributed by atoms with E-state index in [1.165, 1.54) is 44.9 Å². The maximum Gasteiger partial charge on any atom is 0.0155 e. The van der Waals surface area contributed by atoms with E-state index in [0.29, 0.717) is 5.54 Å². The molecule has 0 saturated carbocycles. The highest BCUT2D eigenvalue weighted by Crippen LogP contribution is 2.23. The molecule has 0 saturated heterocycles. The lowest BCUT2D eigenvalue weighted by molar-refractivity contribution is 0.269. The molecule has 1 nitrogen and oxygen atoms in total. The summed E-state index contributed by atoms with van der Waals surface area (Å²) < 4.78 is 0. The molecule has 98 valence electrons. The lowest BCUT2D eigenvalue weighted by Gasteiger charge is -2.32. The highest BCUT2D eigenvalue weighted by atomic mass is 15.0. The summed E-state index contributed by atoms with van der Waals surface area (Å²) in [6.45, 7) is 12.6. The third-order valence-corrected chi connectivity index (χ3v) is 3.29. The monoisotopic (exact) mass is 227 g/mol. The average molecular weight is 227 g/mol. The van der Waals surface area contributed by atoms with Crippen molar-refractivity contribution >= 4 is 0 Å². The minimum atomic E-state index is 0.370. The van der Waals surface area contributed by atoms with E-state index in [2.05, 4.69) is 39.9 Å². The van der Waals surface area contributed by atoms with Gasteiger partial charge in [0.05, 0.1) is 0 Å². The van der Waals surface area contributed by atoms with Crippen molar-refractivity contribution in [3.63, 3.8) is 0 Å². The first-order valence-corrected chi connectivity index (χ1v) is 7.29. The first kappa shape index (κ1) is 16.0. The van der Waals surface area contributed by atoms with Gasteiger partial charge in [0.2, 0.25) is 0 Å². The maximum atomic E-state index is 3.68. The molecule has 0 radical (unpaired) electrons. The molecule has 1 atom stereocenters. The van der Waals surface area contributed by atoms with Crippen molar-refractivity contribution in [2.45, 2.75) is 85.1 Å². The molecule has 16 heavy (non-hydrogen) atoms. The Morgan fingerprint density at radius 1 is 1.00 bits per heavy atom. The number of rotatable bonds is 10. The van der Waals surface area contributed by atoms with E-state index in [-0.39, 0.29) is 0 Å². The summed E-state index contributed by atoms with van der Waals surface area (Å²) in [5.41, 5.74) is 0.370. The van der Waals surface area contributed by atoms with E-state index in [9.17, 15) is 0 Å². The minimum Gasteiger partial charge on any atom is -0.312 e. The SMILES string of the molecule is CCCCCCCC(C)(CC(C)C)NCC. The van der Waals surface area contributed by atoms with Gasteiger partial charge in [-0.2, -0.15) is 0 Å². The molecule has 0 rings (SSSR count). The molecule has 0 fully saturated rings. The first-order valence-electron chi connectivity index (χ1n) is 7.29. The molecule has 0 aliphatic rings. The molecule has 0 spiro atoms. The van der Waals surface area contributed by atoms with Crippen LogP contribution in [-0.4, -0.2) is 12.1 Å². The molecule has 1 heteroatoms. The second-order valence-corrected chi connectivity index (χ2v) is 5.85. The summed E-state index contributed by atoms with van der Waals surface area (Å²) in [7, 11) is 0. The van der Waals surface area contributed by atoms with E-state index in [1.807, 2.05) is 0 Å². The van der Waals surface area contributed by atoms with Crippen LogP contribution in [0.4, 0.5) is 0 Å². The summed E-state index contributed by atoms with van der Waals surface area (Å²) in [6, 6.07) is 0. The number of nitrogens with one attached hydrogen (secondary N) is 1. The van der Waals surface area contributed by atoms with E-state index in [1.54, 1.807) is 0 Å². The van der Waals surface area contributed by atoms with Crippen LogP contribution in [0.1, 0.15) is 79.6 Å². The number of hydrogen-bond acceptors (Lipinski definition) is 1. The van der Waals surface area contributed by atoms with E-state index >= 15 is 0 Å². The minimum absolute atomic E-state index is 0.370. The van der Waals surface area contributed by atoms with Crippen LogP contribution in [0.3, 0.4) is 0 Å². The molecule has 0 aliphatic heterocycles. The Labute approximate surface area is 103 Å². The Kier molecular flexibility index (Phi) is 9.02. The predicted octanol–water partition coefficient (Wildman–Crippen LogP) is 4.76. The molecule has 1 unspecified atom stereocenters. The number of hydrogen-bond donors (Lipinski definition) is 1. The Bertz CT molecular complexity index is 154. The fourth-order valence-corrected chi connectivity index (χ4v) is 2.71. The van der Waals surface area contributed by atoms with Gasteiger partial charge in [0.15, 0.2) is 0 Å². The fraction of sp³-hybridized carbons (Fsp3) is 1.00. The van der Waals surface area contributed by atoms with Crippen LogP contribution < -0.4 is 5.32 Å². The van der Waals surface area contributed by atoms with Crippen LogP contribution in [-0.2, 0) is 0 Å².